The Morgan fingerprint density at radius 1 is 0.608 bits per heavy atom. The number of hydrogen-bond donors (Lipinski definition) is 1. The monoisotopic (exact) mass is 1100 g/mol. The van der Waals surface area contributed by atoms with Gasteiger partial charge < -0.3 is 80.9 Å². The standard InChI is InChI=1S/C56H69N3O20/c1-32-40-17-16-38(57-56(64)59(5)34(3)75-19-21-76-49(60)18-15-35-23-43(65-6)50(71-12)44(24-35)66-7)29-42(40)79-55(63)41(32)30-39(78-54(62)37-27-47(69-10)52(73-14)48(28-37)70-11)31-58(4)33(2)74-20-22-77-53(61)36-25-45(67-8)51(72-13)46(26-36)68-9/h15-18,23-29,33-34,39H,19-22,30-31H2,1-14H3,(H,57,64). The van der Waals surface area contributed by atoms with Crippen molar-refractivity contribution in [3.05, 3.63) is 98.9 Å². The van der Waals surface area contributed by atoms with Crippen LogP contribution in [0.4, 0.5) is 10.5 Å². The van der Waals surface area contributed by atoms with Crippen molar-refractivity contribution in [3.63, 3.8) is 0 Å². The van der Waals surface area contributed by atoms with Crippen molar-refractivity contribution in [2.45, 2.75) is 45.8 Å². The summed E-state index contributed by atoms with van der Waals surface area (Å²) < 4.78 is 83.0. The van der Waals surface area contributed by atoms with Gasteiger partial charge in [-0.3, -0.25) is 4.90 Å². The maximum atomic E-state index is 14.0. The number of amides is 2. The number of ether oxygens (including phenoxy) is 14. The van der Waals surface area contributed by atoms with Gasteiger partial charge in [-0.25, -0.2) is 24.0 Å². The Hall–Kier alpha value is -8.41. The van der Waals surface area contributed by atoms with Crippen LogP contribution in [-0.2, 0) is 34.9 Å². The highest BCUT2D eigenvalue weighted by Crippen LogP contribution is 2.41. The highest BCUT2D eigenvalue weighted by molar-refractivity contribution is 5.94. The van der Waals surface area contributed by atoms with Crippen LogP contribution in [-0.4, -0.2) is 163 Å². The van der Waals surface area contributed by atoms with E-state index in [0.29, 0.717) is 45.2 Å². The first-order valence-electron chi connectivity index (χ1n) is 24.6. The molecule has 0 aliphatic rings. The van der Waals surface area contributed by atoms with Crippen LogP contribution >= 0.6 is 0 Å². The zero-order valence-corrected chi connectivity index (χ0v) is 46.9. The van der Waals surface area contributed by atoms with E-state index in [2.05, 4.69) is 5.32 Å². The molecule has 0 aliphatic heterocycles. The number of fused-ring (bicyclic) bond motifs is 1. The summed E-state index contributed by atoms with van der Waals surface area (Å²) in [6.45, 7) is 4.99. The number of aryl methyl sites for hydroxylation is 1. The summed E-state index contributed by atoms with van der Waals surface area (Å²) in [5.74, 6) is 0.866. The van der Waals surface area contributed by atoms with Crippen LogP contribution in [0.25, 0.3) is 17.0 Å². The van der Waals surface area contributed by atoms with Gasteiger partial charge in [-0.05, 0) is 93.6 Å². The highest BCUT2D eigenvalue weighted by atomic mass is 16.6. The fraction of sp³-hybridized carbons (Fsp3) is 0.411. The van der Waals surface area contributed by atoms with E-state index in [0.717, 1.165) is 0 Å². The minimum atomic E-state index is -0.970. The number of carbonyl (C=O) groups excluding carboxylic acids is 4. The molecule has 5 aromatic rings. The number of urea groups is 1. The average molecular weight is 1100 g/mol. The van der Waals surface area contributed by atoms with Gasteiger partial charge in [0.05, 0.1) is 88.3 Å². The Balaban J connectivity index is 1.24. The van der Waals surface area contributed by atoms with Crippen LogP contribution in [0.2, 0.25) is 0 Å². The second-order valence-electron chi connectivity index (χ2n) is 17.3. The van der Waals surface area contributed by atoms with Gasteiger partial charge in [-0.2, -0.15) is 0 Å². The summed E-state index contributed by atoms with van der Waals surface area (Å²) in [5.41, 5.74) is 1.48. The van der Waals surface area contributed by atoms with Crippen molar-refractivity contribution in [3.8, 4) is 51.7 Å². The second kappa shape index (κ2) is 29.4. The molecule has 5 rings (SSSR count). The maximum Gasteiger partial charge on any atom is 0.339 e. The molecule has 0 radical (unpaired) electrons. The van der Waals surface area contributed by atoms with E-state index in [4.69, 9.17) is 70.7 Å². The van der Waals surface area contributed by atoms with Crippen molar-refractivity contribution in [2.24, 2.45) is 0 Å². The van der Waals surface area contributed by atoms with Crippen molar-refractivity contribution in [2.75, 3.05) is 116 Å². The van der Waals surface area contributed by atoms with Gasteiger partial charge in [0.2, 0.25) is 17.2 Å². The van der Waals surface area contributed by atoms with Gasteiger partial charge in [0.15, 0.2) is 34.5 Å². The predicted octanol–water partition coefficient (Wildman–Crippen LogP) is 7.18. The molecule has 0 bridgehead atoms. The minimum absolute atomic E-state index is 0.00446. The quantitative estimate of drug-likeness (QED) is 0.0124. The lowest BCUT2D eigenvalue weighted by molar-refractivity contribution is -0.140. The van der Waals surface area contributed by atoms with Gasteiger partial charge in [0.1, 0.15) is 37.4 Å². The number of nitrogens with zero attached hydrogens (tertiary/aromatic N) is 2. The first-order valence-corrected chi connectivity index (χ1v) is 24.6. The number of anilines is 1. The third kappa shape index (κ3) is 15.9. The lowest BCUT2D eigenvalue weighted by atomic mass is 10.0. The summed E-state index contributed by atoms with van der Waals surface area (Å²) in [6, 6.07) is 13.6. The molecule has 79 heavy (non-hydrogen) atoms. The molecule has 0 aliphatic carbocycles. The van der Waals surface area contributed by atoms with Gasteiger partial charge in [0, 0.05) is 48.8 Å². The molecule has 23 nitrogen and oxygen atoms in total. The maximum absolute atomic E-state index is 14.0. The molecule has 0 saturated carbocycles. The molecule has 3 unspecified atom stereocenters. The van der Waals surface area contributed by atoms with Crippen molar-refractivity contribution < 1.29 is 89.9 Å². The number of benzene rings is 4. The molecule has 428 valence electrons. The first kappa shape index (κ1) is 61.4. The number of rotatable bonds is 29. The smallest absolute Gasteiger partial charge is 0.339 e. The third-order valence-corrected chi connectivity index (χ3v) is 12.5. The molecule has 23 heteroatoms. The predicted molar refractivity (Wildman–Crippen MR) is 289 cm³/mol. The molecular weight excluding hydrogens is 1030 g/mol. The van der Waals surface area contributed by atoms with Crippen LogP contribution in [0.15, 0.2) is 69.9 Å². The summed E-state index contributed by atoms with van der Waals surface area (Å²) >= 11 is 0. The van der Waals surface area contributed by atoms with E-state index in [1.165, 1.54) is 118 Å². The molecule has 2 amide bonds. The number of hydrogen-bond acceptors (Lipinski definition) is 21. The van der Waals surface area contributed by atoms with E-state index < -0.39 is 48.1 Å². The molecule has 1 heterocycles. The van der Waals surface area contributed by atoms with Crippen LogP contribution in [0, 0.1) is 6.92 Å². The van der Waals surface area contributed by atoms with E-state index in [9.17, 15) is 24.0 Å². The van der Waals surface area contributed by atoms with Gasteiger partial charge in [-0.1, -0.05) is 0 Å². The van der Waals surface area contributed by atoms with Gasteiger partial charge >= 0.3 is 29.6 Å². The summed E-state index contributed by atoms with van der Waals surface area (Å²) in [6.07, 6.45) is 0.377. The number of likely N-dealkylation sites (N-methyl/N-ethyl adjacent to an activating group) is 1. The van der Waals surface area contributed by atoms with E-state index in [1.807, 2.05) is 0 Å². The summed E-state index contributed by atoms with van der Waals surface area (Å²) in [7, 11) is 16.3. The number of methoxy groups -OCH3 is 9. The van der Waals surface area contributed by atoms with Crippen LogP contribution in [0.5, 0.6) is 51.7 Å². The van der Waals surface area contributed by atoms with E-state index in [1.54, 1.807) is 57.0 Å². The lowest BCUT2D eigenvalue weighted by Gasteiger charge is -2.29. The van der Waals surface area contributed by atoms with Crippen LogP contribution in [0.1, 0.15) is 51.3 Å². The van der Waals surface area contributed by atoms with Gasteiger partial charge in [0.25, 0.3) is 0 Å². The summed E-state index contributed by atoms with van der Waals surface area (Å²) in [4.78, 5) is 69.7. The van der Waals surface area contributed by atoms with Crippen molar-refractivity contribution in [1.82, 2.24) is 9.80 Å². The molecule has 0 spiro atoms. The molecule has 0 fully saturated rings. The Morgan fingerprint density at radius 3 is 1.59 bits per heavy atom. The molecule has 0 saturated heterocycles. The zero-order valence-electron chi connectivity index (χ0n) is 46.9. The summed E-state index contributed by atoms with van der Waals surface area (Å²) in [5, 5.41) is 3.35. The Kier molecular flexibility index (Phi) is 22.8. The number of carbonyl (C=O) groups is 4. The lowest BCUT2D eigenvalue weighted by Crippen LogP contribution is -2.41. The molecule has 4 aromatic carbocycles. The van der Waals surface area contributed by atoms with Crippen LogP contribution < -0.4 is 53.6 Å². The Morgan fingerprint density at radius 2 is 1.09 bits per heavy atom. The topological polar surface area (TPSA) is 246 Å². The number of esters is 3. The van der Waals surface area contributed by atoms with Crippen molar-refractivity contribution in [1.29, 1.82) is 0 Å². The average Bonchev–Trinajstić information content (AvgIpc) is 3.54. The largest absolute Gasteiger partial charge is 0.493 e. The third-order valence-electron chi connectivity index (χ3n) is 12.5. The SMILES string of the molecule is COc1cc(C=CC(=O)OCCOC(C)N(C)C(=O)Nc2ccc3c(C)c(CC(CN(C)C(C)OCCOC(=O)c4cc(OC)c(OC)c(OC)c4)OC(=O)c4cc(OC)c(OC)c(OC)c4)c(=O)oc3c2)cc(OC)c1OC. The second-order valence-corrected chi connectivity index (χ2v) is 17.3. The highest BCUT2D eigenvalue weighted by Gasteiger charge is 2.27. The normalized spacial score (nSPS) is 12.2. The minimum Gasteiger partial charge on any atom is -0.493 e. The van der Waals surface area contributed by atoms with E-state index in [-0.39, 0.29) is 90.4 Å². The molecule has 3 atom stereocenters. The van der Waals surface area contributed by atoms with Gasteiger partial charge in [-0.15, -0.1) is 0 Å². The Bertz CT molecular complexity index is 2940. The fourth-order valence-electron chi connectivity index (χ4n) is 7.99. The molecular formula is C56H69N3O20. The number of nitrogens with one attached hydrogen (secondary N) is 1. The fourth-order valence-corrected chi connectivity index (χ4v) is 7.99. The molecule has 1 N–H and O–H groups in total. The Labute approximate surface area is 457 Å². The van der Waals surface area contributed by atoms with E-state index >= 15 is 0 Å². The zero-order chi connectivity index (χ0) is 57.9. The van der Waals surface area contributed by atoms with Crippen LogP contribution in [0.3, 0.4) is 0 Å². The van der Waals surface area contributed by atoms with Crippen molar-refractivity contribution >= 4 is 46.7 Å². The molecule has 1 aromatic heterocycles. The first-order chi connectivity index (χ1) is 37.9.